The van der Waals surface area contributed by atoms with Gasteiger partial charge in [0.2, 0.25) is 82.7 Å². The number of thioether (sulfide) groups is 1. The van der Waals surface area contributed by atoms with Crippen LogP contribution in [-0.4, -0.2) is 263 Å². The van der Waals surface area contributed by atoms with Crippen molar-refractivity contribution < 1.29 is 87.2 Å². The summed E-state index contributed by atoms with van der Waals surface area (Å²) in [6, 6.07) is -3.09. The van der Waals surface area contributed by atoms with Crippen molar-refractivity contribution in [3.63, 3.8) is 0 Å². The number of carboxylic acids is 1. The number of aliphatic hydroxyl groups is 2. The molecule has 0 saturated carbocycles. The Morgan fingerprint density at radius 1 is 0.411 bits per heavy atom. The van der Waals surface area contributed by atoms with Gasteiger partial charge in [-0.3, -0.25) is 82.1 Å². The molecule has 694 valence electrons. The summed E-state index contributed by atoms with van der Waals surface area (Å²) in [7, 11) is 0. The van der Waals surface area contributed by atoms with Gasteiger partial charge in [-0.2, -0.15) is 24.4 Å². The number of aliphatic hydroxyl groups excluding tert-OH is 2. The monoisotopic (exact) mass is 1780 g/mol. The zero-order chi connectivity index (χ0) is 93.6. The van der Waals surface area contributed by atoms with Crippen LogP contribution in [0, 0.1) is 29.6 Å². The van der Waals surface area contributed by atoms with Crippen LogP contribution in [0.25, 0.3) is 0 Å². The normalized spacial score (nSPS) is 15.1. The maximum Gasteiger partial charge on any atom is 0.327 e. The van der Waals surface area contributed by atoms with Crippen molar-refractivity contribution in [2.75, 3.05) is 50.5 Å². The third-order valence-corrected chi connectivity index (χ3v) is 20.5. The summed E-state index contributed by atoms with van der Waals surface area (Å²) in [5.74, 6) is -17.5. The number of hydrogen-bond acceptors (Lipinski definition) is 23. The van der Waals surface area contributed by atoms with E-state index in [4.69, 9.17) is 40.1 Å². The first kappa shape index (κ1) is 109. The molecule has 0 bridgehead atoms. The lowest BCUT2D eigenvalue weighted by Crippen LogP contribution is -2.62. The quantitative estimate of drug-likeness (QED) is 0.0127. The second kappa shape index (κ2) is 57.3. The van der Waals surface area contributed by atoms with Crippen LogP contribution >= 0.6 is 24.4 Å². The number of aliphatic carboxylic acids is 1. The Morgan fingerprint density at radius 3 is 1.13 bits per heavy atom. The van der Waals surface area contributed by atoms with E-state index in [1.54, 1.807) is 130 Å². The number of rotatable bonds is 58. The summed E-state index contributed by atoms with van der Waals surface area (Å²) >= 11 is 5.49. The van der Waals surface area contributed by atoms with Gasteiger partial charge in [-0.15, -0.1) is 0 Å². The van der Waals surface area contributed by atoms with Crippen molar-refractivity contribution in [1.82, 2.24) is 74.4 Å². The van der Waals surface area contributed by atoms with Crippen molar-refractivity contribution in [2.24, 2.45) is 84.7 Å². The summed E-state index contributed by atoms with van der Waals surface area (Å²) < 4.78 is 0. The van der Waals surface area contributed by atoms with Gasteiger partial charge in [0.1, 0.15) is 78.5 Å². The standard InChI is InChI=1S/C80H134N24O18S2/c1-13-45(10)62(75(119)99-57(40-123)77(121)122)103-67(111)51(28-21-32-89-79(84)85)94-69(113)53(35-41(2)3)96-70(114)55(37-48-25-18-15-19-26-48)97-72(116)59(42(4)5)101-71(115)54(36-47-23-16-14-17-24-47)92-58(107)38-91-65(109)56(39-105)98-73(117)60(43(6)7)102-74(118)61(44(8)9)100-66(110)52(29-22-33-90-80(86)87)95-76(120)63(46(11)106)104-68(112)50(27-20-31-88-78(82)83)93-64(108)49(81)30-34-124-12/h14-19,23-26,41-46,49-57,59-63,105-106,123H,13,20-22,27-40,81H2,1-12H3,(H,91,109)(H,92,107)(H,93,108)(H,94,113)(H,95,120)(H,96,114)(H,97,116)(H,98,117)(H,99,119)(H,100,110)(H,101,115)(H,102,118)(H,103,111)(H,104,112)(H,121,122)(H4,82,83,88)(H4,84,85,89)(H4,86,87,90)/t45-,46+,49-,50-,51-,52-,53-,54-,55-,56-,57-,59-,60-,61-,62-,63-/m0/s1. The highest BCUT2D eigenvalue weighted by atomic mass is 32.2. The molecule has 0 aliphatic carbocycles. The van der Waals surface area contributed by atoms with Gasteiger partial charge >= 0.3 is 5.97 Å². The molecule has 0 aromatic heterocycles. The van der Waals surface area contributed by atoms with Gasteiger partial charge in [0.15, 0.2) is 17.9 Å². The average Bonchev–Trinajstić information content (AvgIpc) is 0.842. The third kappa shape index (κ3) is 40.9. The summed E-state index contributed by atoms with van der Waals surface area (Å²) in [6.45, 7) is 15.7. The number of benzene rings is 2. The fraction of sp³-hybridized carbons (Fsp3) is 0.625. The van der Waals surface area contributed by atoms with Crippen molar-refractivity contribution >= 4 is 131 Å². The van der Waals surface area contributed by atoms with E-state index in [9.17, 15) is 87.2 Å². The molecule has 14 amide bonds. The highest BCUT2D eigenvalue weighted by Gasteiger charge is 2.40. The predicted molar refractivity (Wildman–Crippen MR) is 473 cm³/mol. The van der Waals surface area contributed by atoms with Crippen LogP contribution in [0.1, 0.15) is 145 Å². The van der Waals surface area contributed by atoms with Gasteiger partial charge in [-0.1, -0.05) is 136 Å². The molecule has 16 atom stereocenters. The number of nitrogens with one attached hydrogen (secondary N) is 14. The Hall–Kier alpha value is -11.1. The highest BCUT2D eigenvalue weighted by molar-refractivity contribution is 7.98. The minimum atomic E-state index is -1.77. The van der Waals surface area contributed by atoms with Gasteiger partial charge in [0.25, 0.3) is 0 Å². The van der Waals surface area contributed by atoms with E-state index >= 15 is 0 Å². The molecule has 124 heavy (non-hydrogen) atoms. The lowest BCUT2D eigenvalue weighted by Gasteiger charge is -2.30. The first-order chi connectivity index (χ1) is 58.4. The van der Waals surface area contributed by atoms with Crippen LogP contribution in [0.15, 0.2) is 75.6 Å². The molecule has 0 heterocycles. The van der Waals surface area contributed by atoms with Gasteiger partial charge in [-0.05, 0) is 111 Å². The largest absolute Gasteiger partial charge is 0.480 e. The number of carboxylic acid groups (broad SMARTS) is 1. The van der Waals surface area contributed by atoms with E-state index in [2.05, 4.69) is 102 Å². The molecule has 0 aliphatic rings. The molecule has 31 N–H and O–H groups in total. The molecule has 0 fully saturated rings. The van der Waals surface area contributed by atoms with Gasteiger partial charge < -0.3 is 130 Å². The zero-order valence-corrected chi connectivity index (χ0v) is 74.5. The number of carbonyl (C=O) groups excluding carboxylic acids is 14. The molecule has 44 heteroatoms. The number of thiol groups is 1. The number of nitrogens with zero attached hydrogens (tertiary/aromatic N) is 3. The molecule has 42 nitrogen and oxygen atoms in total. The second-order valence-electron chi connectivity index (χ2n) is 31.5. The Balaban J connectivity index is 2.46. The Bertz CT molecular complexity index is 3890. The Kier molecular flexibility index (Phi) is 50.4. The van der Waals surface area contributed by atoms with E-state index in [1.165, 1.54) is 18.7 Å². The maximum atomic E-state index is 14.8. The lowest BCUT2D eigenvalue weighted by atomic mass is 9.97. The molecule has 2 aromatic carbocycles. The van der Waals surface area contributed by atoms with E-state index < -0.39 is 216 Å². The van der Waals surface area contributed by atoms with Gasteiger partial charge in [-0.25, -0.2) is 4.79 Å². The predicted octanol–water partition coefficient (Wildman–Crippen LogP) is -5.42. The fourth-order valence-electron chi connectivity index (χ4n) is 12.3. The maximum absolute atomic E-state index is 14.8. The zero-order valence-electron chi connectivity index (χ0n) is 72.8. The van der Waals surface area contributed by atoms with Gasteiger partial charge in [0.05, 0.1) is 25.3 Å². The van der Waals surface area contributed by atoms with Crippen molar-refractivity contribution in [1.29, 1.82) is 0 Å². The van der Waals surface area contributed by atoms with Crippen molar-refractivity contribution in [3.8, 4) is 0 Å². The summed E-state index contributed by atoms with van der Waals surface area (Å²) in [5, 5.41) is 67.2. The molecular weight excluding hydrogens is 1650 g/mol. The topological polar surface area (TPSA) is 704 Å². The van der Waals surface area contributed by atoms with E-state index in [0.29, 0.717) is 23.3 Å². The molecular formula is C80H134N24O18S2. The number of carbonyl (C=O) groups is 15. The average molecular weight is 1780 g/mol. The number of hydrogen-bond donors (Lipinski definition) is 25. The molecule has 2 aromatic rings. The van der Waals surface area contributed by atoms with Crippen LogP contribution in [-0.2, 0) is 84.8 Å². The Labute approximate surface area is 733 Å². The van der Waals surface area contributed by atoms with Crippen LogP contribution in [0.4, 0.5) is 0 Å². The van der Waals surface area contributed by atoms with Crippen LogP contribution in [0.5, 0.6) is 0 Å². The van der Waals surface area contributed by atoms with E-state index in [1.807, 2.05) is 6.26 Å². The van der Waals surface area contributed by atoms with Crippen LogP contribution < -0.4 is 115 Å². The Morgan fingerprint density at radius 2 is 0.742 bits per heavy atom. The first-order valence-corrected chi connectivity index (χ1v) is 43.3. The summed E-state index contributed by atoms with van der Waals surface area (Å²) in [6.07, 6.45) is 0.566. The first-order valence-electron chi connectivity index (χ1n) is 41.2. The highest BCUT2D eigenvalue weighted by Crippen LogP contribution is 2.17. The minimum absolute atomic E-state index is 0.00288. The molecule has 0 spiro atoms. The van der Waals surface area contributed by atoms with E-state index in [0.717, 1.165) is 0 Å². The minimum Gasteiger partial charge on any atom is -0.480 e. The van der Waals surface area contributed by atoms with Crippen molar-refractivity contribution in [3.05, 3.63) is 71.8 Å². The summed E-state index contributed by atoms with van der Waals surface area (Å²) in [5.41, 5.74) is 40.3. The number of aliphatic imine (C=N–C) groups is 3. The smallest absolute Gasteiger partial charge is 0.327 e. The number of amides is 14. The van der Waals surface area contributed by atoms with Crippen LogP contribution in [0.2, 0.25) is 0 Å². The number of guanidine groups is 3. The lowest BCUT2D eigenvalue weighted by molar-refractivity contribution is -0.142. The van der Waals surface area contributed by atoms with E-state index in [-0.39, 0.29) is 113 Å². The summed E-state index contributed by atoms with van der Waals surface area (Å²) in [4.78, 5) is 222. The second-order valence-corrected chi connectivity index (χ2v) is 32.9. The molecule has 2 rings (SSSR count). The molecule has 0 unspecified atom stereocenters. The van der Waals surface area contributed by atoms with Crippen molar-refractivity contribution in [2.45, 2.75) is 237 Å². The molecule has 0 saturated heterocycles. The number of nitrogens with two attached hydrogens (primary N) is 7. The van der Waals surface area contributed by atoms with Crippen LogP contribution in [0.3, 0.4) is 0 Å². The molecule has 0 radical (unpaired) electrons. The SMILES string of the molecule is CC[C@H](C)[C@H](NC(=O)[C@H](CCCN=C(N)N)NC(=O)[C@H](CC(C)C)NC(=O)[C@H](Cc1ccccc1)NC(=O)[C@@H](NC(=O)[C@H](Cc1ccccc1)NC(=O)CNC(=O)[C@H](CO)NC(=O)[C@@H](NC(=O)[C@@H](NC(=O)[C@H](CCCN=C(N)N)NC(=O)[C@@H](NC(=O)[C@H](CCCN=C(N)N)NC(=O)[C@@H](N)CCSC)[C@@H](C)O)C(C)C)C(C)C)C(C)C)C(=O)N[C@@H](CS)C(=O)O. The molecule has 0 aliphatic heterocycles. The van der Waals surface area contributed by atoms with Gasteiger partial charge in [0, 0.05) is 38.2 Å². The third-order valence-electron chi connectivity index (χ3n) is 19.5. The fourth-order valence-corrected chi connectivity index (χ4v) is 13.0.